The van der Waals surface area contributed by atoms with E-state index >= 15 is 4.39 Å². The molecule has 0 saturated heterocycles. The quantitative estimate of drug-likeness (QED) is 0.284. The van der Waals surface area contributed by atoms with Crippen molar-refractivity contribution in [1.82, 2.24) is 10.3 Å². The first-order valence-corrected chi connectivity index (χ1v) is 10.9. The Hall–Kier alpha value is -2.95. The van der Waals surface area contributed by atoms with Crippen molar-refractivity contribution in [1.29, 1.82) is 5.26 Å². The number of carbonyl (C=O) groups excluding carboxylic acids is 1. The molecule has 166 valence electrons. The van der Waals surface area contributed by atoms with Crippen molar-refractivity contribution < 1.29 is 13.9 Å². The monoisotopic (exact) mass is 521 g/mol. The van der Waals surface area contributed by atoms with Gasteiger partial charge in [-0.3, -0.25) is 4.79 Å². The molecule has 33 heavy (non-hydrogen) atoms. The molecule has 1 heterocycles. The predicted molar refractivity (Wildman–Crippen MR) is 127 cm³/mol. The van der Waals surface area contributed by atoms with Crippen LogP contribution in [0.2, 0.25) is 20.1 Å². The van der Waals surface area contributed by atoms with Gasteiger partial charge in [-0.1, -0.05) is 52.5 Å². The number of nitriles is 1. The molecule has 0 aliphatic rings. The van der Waals surface area contributed by atoms with Crippen molar-refractivity contribution in [3.05, 3.63) is 91.3 Å². The second-order valence-electron chi connectivity index (χ2n) is 6.95. The fraction of sp³-hybridized carbons (Fsp3) is 0.0435. The highest BCUT2D eigenvalue weighted by atomic mass is 35.5. The van der Waals surface area contributed by atoms with E-state index in [9.17, 15) is 4.79 Å². The Morgan fingerprint density at radius 3 is 2.55 bits per heavy atom. The average molecular weight is 523 g/mol. The predicted octanol–water partition coefficient (Wildman–Crippen LogP) is 7.51. The molecule has 0 unspecified atom stereocenters. The lowest BCUT2D eigenvalue weighted by atomic mass is 10.2. The van der Waals surface area contributed by atoms with Crippen LogP contribution in [0, 0.1) is 17.1 Å². The fourth-order valence-corrected chi connectivity index (χ4v) is 4.12. The van der Waals surface area contributed by atoms with Crippen LogP contribution in [0.3, 0.4) is 0 Å². The molecular weight excluding hydrogens is 511 g/mol. The van der Waals surface area contributed by atoms with Gasteiger partial charge in [0.15, 0.2) is 11.6 Å². The Morgan fingerprint density at radius 2 is 1.79 bits per heavy atom. The maximum absolute atomic E-state index is 15.1. The molecule has 0 bridgehead atoms. The van der Waals surface area contributed by atoms with E-state index in [1.165, 1.54) is 30.3 Å². The Bertz CT molecular complexity index is 1450. The summed E-state index contributed by atoms with van der Waals surface area (Å²) < 4.78 is 20.7. The van der Waals surface area contributed by atoms with E-state index in [0.717, 1.165) is 0 Å². The number of hydrogen-bond acceptors (Lipinski definition) is 3. The number of fused-ring (bicyclic) bond motifs is 1. The minimum atomic E-state index is -0.757. The number of nitrogens with one attached hydrogen (secondary N) is 2. The lowest BCUT2D eigenvalue weighted by Crippen LogP contribution is -2.23. The number of halogens is 5. The highest BCUT2D eigenvalue weighted by Crippen LogP contribution is 2.35. The van der Waals surface area contributed by atoms with Gasteiger partial charge in [0.05, 0.1) is 21.7 Å². The zero-order valence-electron chi connectivity index (χ0n) is 16.5. The number of nitrogens with zero attached hydrogens (tertiary/aromatic N) is 1. The Morgan fingerprint density at radius 1 is 1.03 bits per heavy atom. The summed E-state index contributed by atoms with van der Waals surface area (Å²) in [6, 6.07) is 13.9. The molecule has 4 rings (SSSR count). The van der Waals surface area contributed by atoms with Gasteiger partial charge < -0.3 is 15.0 Å². The van der Waals surface area contributed by atoms with E-state index in [-0.39, 0.29) is 44.9 Å². The number of H-pyrrole nitrogens is 1. The molecule has 0 saturated carbocycles. The first-order chi connectivity index (χ1) is 15.7. The number of amides is 1. The van der Waals surface area contributed by atoms with Crippen LogP contribution in [0.15, 0.2) is 48.5 Å². The van der Waals surface area contributed by atoms with Crippen LogP contribution in [-0.2, 0) is 6.54 Å². The summed E-state index contributed by atoms with van der Waals surface area (Å²) in [7, 11) is 0. The third kappa shape index (κ3) is 5.02. The molecule has 1 amide bonds. The van der Waals surface area contributed by atoms with Gasteiger partial charge in [0.1, 0.15) is 11.4 Å². The normalized spacial score (nSPS) is 10.8. The van der Waals surface area contributed by atoms with Crippen molar-refractivity contribution in [2.45, 2.75) is 6.54 Å². The summed E-state index contributed by atoms with van der Waals surface area (Å²) in [5, 5.41) is 13.5. The second-order valence-corrected chi connectivity index (χ2v) is 8.64. The average Bonchev–Trinajstić information content (AvgIpc) is 3.20. The maximum Gasteiger partial charge on any atom is 0.267 e. The largest absolute Gasteiger partial charge is 0.453 e. The van der Waals surface area contributed by atoms with Crippen LogP contribution >= 0.6 is 46.4 Å². The van der Waals surface area contributed by atoms with Crippen LogP contribution in [-0.4, -0.2) is 10.9 Å². The lowest BCUT2D eigenvalue weighted by Gasteiger charge is -2.13. The van der Waals surface area contributed by atoms with Gasteiger partial charge in [-0.05, 0) is 42.5 Å². The number of carbonyl (C=O) groups is 1. The Labute approximate surface area is 207 Å². The number of rotatable bonds is 5. The molecule has 5 nitrogen and oxygen atoms in total. The molecule has 0 aliphatic carbocycles. The molecule has 0 aliphatic heterocycles. The van der Waals surface area contributed by atoms with Crippen LogP contribution in [0.25, 0.3) is 10.9 Å². The smallest absolute Gasteiger partial charge is 0.267 e. The summed E-state index contributed by atoms with van der Waals surface area (Å²) in [6.07, 6.45) is 0. The van der Waals surface area contributed by atoms with Gasteiger partial charge in [0.25, 0.3) is 5.91 Å². The maximum atomic E-state index is 15.1. The molecule has 2 N–H and O–H groups in total. The molecular formula is C23H12Cl4FN3O2. The molecule has 4 aromatic rings. The van der Waals surface area contributed by atoms with E-state index < -0.39 is 11.7 Å². The zero-order valence-corrected chi connectivity index (χ0v) is 19.5. The third-order valence-corrected chi connectivity index (χ3v) is 5.73. The van der Waals surface area contributed by atoms with E-state index in [0.29, 0.717) is 20.9 Å². The highest BCUT2D eigenvalue weighted by molar-refractivity contribution is 6.38. The topological polar surface area (TPSA) is 77.9 Å². The van der Waals surface area contributed by atoms with Crippen molar-refractivity contribution in [3.63, 3.8) is 0 Å². The SMILES string of the molecule is N#Cc1cc(Cl)cc(Oc2c(Cl)ccc(CNC(=O)c3cc4c(Cl)cc(Cl)cc4[nH]3)c2F)c1. The summed E-state index contributed by atoms with van der Waals surface area (Å²) in [6.45, 7) is -0.138. The molecule has 0 radical (unpaired) electrons. The Balaban J connectivity index is 1.55. The van der Waals surface area contributed by atoms with Crippen LogP contribution in [0.5, 0.6) is 11.5 Å². The van der Waals surface area contributed by atoms with Crippen LogP contribution in [0.4, 0.5) is 4.39 Å². The van der Waals surface area contributed by atoms with E-state index in [1.807, 2.05) is 6.07 Å². The van der Waals surface area contributed by atoms with Gasteiger partial charge in [-0.15, -0.1) is 0 Å². The standard InChI is InChI=1S/C23H12Cl4FN3O2/c24-13-3-11(9-29)4-15(5-13)33-22-17(26)2-1-12(21(22)28)10-30-23(32)20-8-16-18(27)6-14(25)7-19(16)31-20/h1-8,31H,10H2,(H,30,32). The molecule has 10 heteroatoms. The summed E-state index contributed by atoms with van der Waals surface area (Å²) in [5.74, 6) is -1.33. The van der Waals surface area contributed by atoms with Gasteiger partial charge in [0.2, 0.25) is 0 Å². The number of hydrogen-bond donors (Lipinski definition) is 2. The van der Waals surface area contributed by atoms with E-state index in [2.05, 4.69) is 10.3 Å². The number of benzene rings is 3. The highest BCUT2D eigenvalue weighted by Gasteiger charge is 2.18. The first kappa shape index (κ1) is 23.2. The number of ether oxygens (including phenoxy) is 1. The van der Waals surface area contributed by atoms with Gasteiger partial charge in [0, 0.05) is 33.1 Å². The number of aromatic amines is 1. The zero-order chi connectivity index (χ0) is 23.7. The van der Waals surface area contributed by atoms with Crippen molar-refractivity contribution >= 4 is 63.2 Å². The minimum Gasteiger partial charge on any atom is -0.453 e. The molecule has 0 spiro atoms. The summed E-state index contributed by atoms with van der Waals surface area (Å²) in [4.78, 5) is 15.5. The molecule has 1 aromatic heterocycles. The first-order valence-electron chi connectivity index (χ1n) is 9.36. The van der Waals surface area contributed by atoms with E-state index in [4.69, 9.17) is 56.4 Å². The van der Waals surface area contributed by atoms with Crippen molar-refractivity contribution in [2.75, 3.05) is 0 Å². The summed E-state index contributed by atoms with van der Waals surface area (Å²) in [5.41, 5.74) is 1.23. The van der Waals surface area contributed by atoms with E-state index in [1.54, 1.807) is 18.2 Å². The molecule has 0 atom stereocenters. The number of aromatic nitrogens is 1. The Kier molecular flexibility index (Phi) is 6.68. The fourth-order valence-electron chi connectivity index (χ4n) is 3.16. The second kappa shape index (κ2) is 9.50. The van der Waals surface area contributed by atoms with Crippen LogP contribution in [0.1, 0.15) is 21.6 Å². The van der Waals surface area contributed by atoms with Gasteiger partial charge in [-0.25, -0.2) is 4.39 Å². The van der Waals surface area contributed by atoms with Crippen molar-refractivity contribution in [3.8, 4) is 17.6 Å². The van der Waals surface area contributed by atoms with Gasteiger partial charge >= 0.3 is 0 Å². The third-order valence-electron chi connectivity index (χ3n) is 4.69. The lowest BCUT2D eigenvalue weighted by molar-refractivity contribution is 0.0946. The van der Waals surface area contributed by atoms with Crippen LogP contribution < -0.4 is 10.1 Å². The summed E-state index contributed by atoms with van der Waals surface area (Å²) >= 11 is 24.2. The molecule has 3 aromatic carbocycles. The minimum absolute atomic E-state index is 0.0168. The van der Waals surface area contributed by atoms with Gasteiger partial charge in [-0.2, -0.15) is 5.26 Å². The van der Waals surface area contributed by atoms with Crippen molar-refractivity contribution in [2.24, 2.45) is 0 Å². The molecule has 0 fully saturated rings.